The van der Waals surface area contributed by atoms with Crippen LogP contribution in [0, 0.1) is 5.92 Å². The fourth-order valence-corrected chi connectivity index (χ4v) is 2.61. The zero-order valence-corrected chi connectivity index (χ0v) is 14.6. The van der Waals surface area contributed by atoms with Crippen molar-refractivity contribution in [2.45, 2.75) is 52.6 Å². The molecule has 0 bridgehead atoms. The molecule has 1 rings (SSSR count). The van der Waals surface area contributed by atoms with Crippen molar-refractivity contribution in [3.8, 4) is 11.5 Å². The van der Waals surface area contributed by atoms with Gasteiger partial charge in [-0.3, -0.25) is 0 Å². The molecule has 0 spiro atoms. The molecule has 0 aliphatic heterocycles. The molecule has 0 aliphatic rings. The fraction of sp³-hybridized carbons (Fsp3) is 0.647. The van der Waals surface area contributed by atoms with Gasteiger partial charge in [-0.05, 0) is 37.0 Å². The van der Waals surface area contributed by atoms with Crippen LogP contribution in [0.15, 0.2) is 12.1 Å². The molecule has 0 aliphatic carbocycles. The van der Waals surface area contributed by atoms with Crippen molar-refractivity contribution in [1.82, 2.24) is 5.32 Å². The number of rotatable bonds is 9. The molecule has 1 aromatic carbocycles. The van der Waals surface area contributed by atoms with Gasteiger partial charge in [-0.2, -0.15) is 0 Å². The molecule has 1 N–H and O–H groups in total. The minimum Gasteiger partial charge on any atom is -0.493 e. The number of halogens is 1. The lowest BCUT2D eigenvalue weighted by molar-refractivity contribution is 0.354. The predicted octanol–water partition coefficient (Wildman–Crippen LogP) is 4.66. The molecule has 1 unspecified atom stereocenters. The summed E-state index contributed by atoms with van der Waals surface area (Å²) in [6, 6.07) is 4.39. The third kappa shape index (κ3) is 6.15. The van der Waals surface area contributed by atoms with Gasteiger partial charge in [0.2, 0.25) is 0 Å². The first-order chi connectivity index (χ1) is 9.97. The maximum Gasteiger partial charge on any atom is 0.179 e. The highest BCUT2D eigenvalue weighted by Gasteiger charge is 2.11. The van der Waals surface area contributed by atoms with Crippen LogP contribution in [0.1, 0.15) is 45.6 Å². The van der Waals surface area contributed by atoms with Crippen LogP contribution in [0.4, 0.5) is 0 Å². The number of nitrogens with one attached hydrogen (secondary N) is 1. The topological polar surface area (TPSA) is 30.5 Å². The van der Waals surface area contributed by atoms with Gasteiger partial charge in [-0.25, -0.2) is 0 Å². The van der Waals surface area contributed by atoms with Gasteiger partial charge in [0.25, 0.3) is 0 Å². The third-order valence-electron chi connectivity index (χ3n) is 3.57. The molecule has 0 fully saturated rings. The zero-order chi connectivity index (χ0) is 15.8. The number of ether oxygens (including phenoxy) is 2. The fourth-order valence-electron chi connectivity index (χ4n) is 2.30. The Labute approximate surface area is 134 Å². The zero-order valence-electron chi connectivity index (χ0n) is 13.8. The van der Waals surface area contributed by atoms with Crippen molar-refractivity contribution in [2.24, 2.45) is 5.92 Å². The summed E-state index contributed by atoms with van der Waals surface area (Å²) in [5.41, 5.74) is 1.10. The van der Waals surface area contributed by atoms with Crippen LogP contribution in [0.25, 0.3) is 0 Å². The first kappa shape index (κ1) is 18.1. The molecule has 0 saturated carbocycles. The summed E-state index contributed by atoms with van der Waals surface area (Å²) in [7, 11) is 3.22. The van der Waals surface area contributed by atoms with Crippen LogP contribution in [0.5, 0.6) is 11.5 Å². The van der Waals surface area contributed by atoms with Crippen LogP contribution in [0.3, 0.4) is 0 Å². The predicted molar refractivity (Wildman–Crippen MR) is 89.5 cm³/mol. The summed E-state index contributed by atoms with van der Waals surface area (Å²) in [6.07, 6.45) is 3.74. The van der Waals surface area contributed by atoms with E-state index in [9.17, 15) is 0 Å². The van der Waals surface area contributed by atoms with E-state index in [1.54, 1.807) is 14.2 Å². The standard InChI is InChI=1S/C17H28ClNO2/c1-12(2)7-6-8-13(3)19-11-14-9-15(18)17(21-5)16(10-14)20-4/h9-10,12-13,19H,6-8,11H2,1-5H3. The minimum atomic E-state index is 0.496. The second kappa shape index (κ2) is 9.16. The smallest absolute Gasteiger partial charge is 0.179 e. The molecular formula is C17H28ClNO2. The van der Waals surface area contributed by atoms with Crippen molar-refractivity contribution in [1.29, 1.82) is 0 Å². The largest absolute Gasteiger partial charge is 0.493 e. The molecule has 0 amide bonds. The van der Waals surface area contributed by atoms with Crippen LogP contribution < -0.4 is 14.8 Å². The van der Waals surface area contributed by atoms with Crippen molar-refractivity contribution in [3.63, 3.8) is 0 Å². The van der Waals surface area contributed by atoms with Crippen molar-refractivity contribution < 1.29 is 9.47 Å². The molecule has 3 nitrogen and oxygen atoms in total. The molecule has 0 radical (unpaired) electrons. The number of methoxy groups -OCH3 is 2. The van der Waals surface area contributed by atoms with E-state index in [1.807, 2.05) is 12.1 Å². The Morgan fingerprint density at radius 3 is 2.38 bits per heavy atom. The molecule has 0 aromatic heterocycles. The monoisotopic (exact) mass is 313 g/mol. The average Bonchev–Trinajstić information content (AvgIpc) is 2.44. The Balaban J connectivity index is 2.53. The highest BCUT2D eigenvalue weighted by Crippen LogP contribution is 2.35. The van der Waals surface area contributed by atoms with Gasteiger partial charge in [0.1, 0.15) is 0 Å². The average molecular weight is 314 g/mol. The van der Waals surface area contributed by atoms with Crippen molar-refractivity contribution in [2.75, 3.05) is 14.2 Å². The van der Waals surface area contributed by atoms with E-state index in [4.69, 9.17) is 21.1 Å². The van der Waals surface area contributed by atoms with Crippen LogP contribution in [0.2, 0.25) is 5.02 Å². The summed E-state index contributed by atoms with van der Waals surface area (Å²) < 4.78 is 10.6. The van der Waals surface area contributed by atoms with Gasteiger partial charge < -0.3 is 14.8 Å². The normalized spacial score (nSPS) is 12.5. The van der Waals surface area contributed by atoms with E-state index in [1.165, 1.54) is 19.3 Å². The molecule has 0 saturated heterocycles. The Morgan fingerprint density at radius 1 is 1.10 bits per heavy atom. The number of hydrogen-bond donors (Lipinski definition) is 1. The van der Waals surface area contributed by atoms with E-state index >= 15 is 0 Å². The molecule has 0 heterocycles. The Hall–Kier alpha value is -0.930. The van der Waals surface area contributed by atoms with Gasteiger partial charge in [0.15, 0.2) is 11.5 Å². The highest BCUT2D eigenvalue weighted by atomic mass is 35.5. The van der Waals surface area contributed by atoms with Crippen molar-refractivity contribution in [3.05, 3.63) is 22.7 Å². The first-order valence-electron chi connectivity index (χ1n) is 7.61. The van der Waals surface area contributed by atoms with Gasteiger partial charge in [-0.1, -0.05) is 38.3 Å². The number of hydrogen-bond acceptors (Lipinski definition) is 3. The van der Waals surface area contributed by atoms with Gasteiger partial charge in [0, 0.05) is 12.6 Å². The van der Waals surface area contributed by atoms with E-state index in [-0.39, 0.29) is 0 Å². The highest BCUT2D eigenvalue weighted by molar-refractivity contribution is 6.32. The van der Waals surface area contributed by atoms with E-state index in [0.717, 1.165) is 18.0 Å². The van der Waals surface area contributed by atoms with Crippen LogP contribution >= 0.6 is 11.6 Å². The van der Waals surface area contributed by atoms with Gasteiger partial charge >= 0.3 is 0 Å². The maximum atomic E-state index is 6.21. The molecule has 1 atom stereocenters. The maximum absolute atomic E-state index is 6.21. The van der Waals surface area contributed by atoms with Crippen LogP contribution in [-0.4, -0.2) is 20.3 Å². The quantitative estimate of drug-likeness (QED) is 0.719. The molecule has 120 valence electrons. The Morgan fingerprint density at radius 2 is 1.81 bits per heavy atom. The lowest BCUT2D eigenvalue weighted by Crippen LogP contribution is -2.25. The summed E-state index contributed by atoms with van der Waals surface area (Å²) in [5.74, 6) is 2.05. The lowest BCUT2D eigenvalue weighted by Gasteiger charge is -2.16. The second-order valence-corrected chi connectivity index (χ2v) is 6.33. The molecule has 1 aromatic rings. The second-order valence-electron chi connectivity index (χ2n) is 5.92. The van der Waals surface area contributed by atoms with Gasteiger partial charge in [0.05, 0.1) is 19.2 Å². The Bertz CT molecular complexity index is 435. The molecular weight excluding hydrogens is 286 g/mol. The minimum absolute atomic E-state index is 0.496. The van der Waals surface area contributed by atoms with E-state index in [2.05, 4.69) is 26.1 Å². The summed E-state index contributed by atoms with van der Waals surface area (Å²) in [5, 5.41) is 4.12. The molecule has 4 heteroatoms. The first-order valence-corrected chi connectivity index (χ1v) is 7.99. The summed E-state index contributed by atoms with van der Waals surface area (Å²) in [4.78, 5) is 0. The van der Waals surface area contributed by atoms with E-state index < -0.39 is 0 Å². The summed E-state index contributed by atoms with van der Waals surface area (Å²) in [6.45, 7) is 7.54. The molecule has 21 heavy (non-hydrogen) atoms. The Kier molecular flexibility index (Phi) is 7.91. The third-order valence-corrected chi connectivity index (χ3v) is 3.85. The SMILES string of the molecule is COc1cc(CNC(C)CCCC(C)C)cc(Cl)c1OC. The van der Waals surface area contributed by atoms with Crippen LogP contribution in [-0.2, 0) is 6.54 Å². The summed E-state index contributed by atoms with van der Waals surface area (Å²) >= 11 is 6.21. The van der Waals surface area contributed by atoms with Crippen molar-refractivity contribution >= 4 is 11.6 Å². The number of benzene rings is 1. The van der Waals surface area contributed by atoms with Gasteiger partial charge in [-0.15, -0.1) is 0 Å². The lowest BCUT2D eigenvalue weighted by atomic mass is 10.0. The van der Waals surface area contributed by atoms with E-state index in [0.29, 0.717) is 22.6 Å².